The number of carbonyl (C=O) groups excluding carboxylic acids is 1. The summed E-state index contributed by atoms with van der Waals surface area (Å²) in [6.45, 7) is 0. The van der Waals surface area contributed by atoms with Gasteiger partial charge in [-0.05, 0) is 46.3 Å². The molecule has 2 aromatic rings. The molecule has 0 fully saturated rings. The lowest BCUT2D eigenvalue weighted by molar-refractivity contribution is 0.102. The van der Waals surface area contributed by atoms with E-state index in [1.54, 1.807) is 18.2 Å². The Hall–Kier alpha value is -1.66. The van der Waals surface area contributed by atoms with Crippen molar-refractivity contribution in [3.8, 4) is 0 Å². The topological polar surface area (TPSA) is 80.9 Å². The Balaban J connectivity index is 2.18. The molecule has 0 saturated carbocycles. The summed E-state index contributed by atoms with van der Waals surface area (Å²) in [5.74, 6) is -0.107. The van der Waals surface area contributed by atoms with Gasteiger partial charge < -0.3 is 11.1 Å². The zero-order valence-corrected chi connectivity index (χ0v) is 11.4. The smallest absolute Gasteiger partial charge is 0.276 e. The molecular formula is C11H8BrClN4O. The van der Waals surface area contributed by atoms with Gasteiger partial charge in [0.2, 0.25) is 0 Å². The van der Waals surface area contributed by atoms with Crippen molar-refractivity contribution in [2.24, 2.45) is 0 Å². The summed E-state index contributed by atoms with van der Waals surface area (Å²) in [7, 11) is 0. The molecular weight excluding hydrogens is 320 g/mol. The number of nitrogens with two attached hydrogens (primary N) is 1. The largest absolute Gasteiger partial charge is 0.382 e. The summed E-state index contributed by atoms with van der Waals surface area (Å²) in [5, 5.41) is 10.6. The van der Waals surface area contributed by atoms with Crippen LogP contribution >= 0.6 is 27.5 Å². The molecule has 1 amide bonds. The SMILES string of the molecule is Nc1ccc(C(=O)Nc2ccc(Cl)cc2Br)nn1. The van der Waals surface area contributed by atoms with Gasteiger partial charge in [0.15, 0.2) is 5.69 Å². The molecule has 18 heavy (non-hydrogen) atoms. The first-order chi connectivity index (χ1) is 8.56. The van der Waals surface area contributed by atoms with Crippen LogP contribution in [0.2, 0.25) is 5.02 Å². The number of anilines is 2. The van der Waals surface area contributed by atoms with Gasteiger partial charge in [0.05, 0.1) is 5.69 Å². The molecule has 0 saturated heterocycles. The quantitative estimate of drug-likeness (QED) is 0.888. The van der Waals surface area contributed by atoms with Crippen molar-refractivity contribution < 1.29 is 4.79 Å². The summed E-state index contributed by atoms with van der Waals surface area (Å²) in [6, 6.07) is 8.07. The number of halogens is 2. The molecule has 2 rings (SSSR count). The van der Waals surface area contributed by atoms with Crippen LogP contribution in [-0.4, -0.2) is 16.1 Å². The minimum absolute atomic E-state index is 0.186. The Labute approximate surface area is 116 Å². The third-order valence-corrected chi connectivity index (χ3v) is 2.99. The Morgan fingerprint density at radius 2 is 2.06 bits per heavy atom. The van der Waals surface area contributed by atoms with Gasteiger partial charge in [0, 0.05) is 9.50 Å². The fraction of sp³-hybridized carbons (Fsp3) is 0. The number of nitrogens with zero attached hydrogens (tertiary/aromatic N) is 2. The molecule has 0 aliphatic heterocycles. The molecule has 1 heterocycles. The number of nitrogen functional groups attached to an aromatic ring is 1. The Morgan fingerprint density at radius 3 is 2.67 bits per heavy atom. The number of aromatic nitrogens is 2. The number of hydrogen-bond acceptors (Lipinski definition) is 4. The van der Waals surface area contributed by atoms with Gasteiger partial charge in [-0.15, -0.1) is 10.2 Å². The van der Waals surface area contributed by atoms with Crippen molar-refractivity contribution in [2.45, 2.75) is 0 Å². The molecule has 3 N–H and O–H groups in total. The van der Waals surface area contributed by atoms with E-state index in [0.29, 0.717) is 15.2 Å². The lowest BCUT2D eigenvalue weighted by atomic mass is 10.3. The van der Waals surface area contributed by atoms with Crippen molar-refractivity contribution in [1.82, 2.24) is 10.2 Å². The highest BCUT2D eigenvalue weighted by molar-refractivity contribution is 9.10. The van der Waals surface area contributed by atoms with Crippen molar-refractivity contribution in [3.63, 3.8) is 0 Å². The number of rotatable bonds is 2. The normalized spacial score (nSPS) is 10.1. The number of amides is 1. The van der Waals surface area contributed by atoms with E-state index in [9.17, 15) is 4.79 Å². The van der Waals surface area contributed by atoms with Crippen LogP contribution in [0.5, 0.6) is 0 Å². The maximum Gasteiger partial charge on any atom is 0.276 e. The molecule has 92 valence electrons. The highest BCUT2D eigenvalue weighted by Gasteiger charge is 2.10. The first-order valence-corrected chi connectivity index (χ1v) is 6.09. The van der Waals surface area contributed by atoms with Crippen molar-refractivity contribution in [1.29, 1.82) is 0 Å². The molecule has 5 nitrogen and oxygen atoms in total. The maximum atomic E-state index is 11.9. The average molecular weight is 328 g/mol. The standard InChI is InChI=1S/C11H8BrClN4O/c12-7-5-6(13)1-2-8(7)15-11(18)9-3-4-10(14)17-16-9/h1-5H,(H2,14,17)(H,15,18). The van der Waals surface area contributed by atoms with Crippen molar-refractivity contribution >= 4 is 44.9 Å². The van der Waals surface area contributed by atoms with Crippen LogP contribution < -0.4 is 11.1 Å². The maximum absolute atomic E-state index is 11.9. The molecule has 0 spiro atoms. The highest BCUT2D eigenvalue weighted by Crippen LogP contribution is 2.26. The molecule has 0 unspecified atom stereocenters. The van der Waals surface area contributed by atoms with Crippen molar-refractivity contribution in [3.05, 3.63) is 45.5 Å². The first kappa shape index (κ1) is 12.8. The van der Waals surface area contributed by atoms with Gasteiger partial charge in [-0.3, -0.25) is 4.79 Å². The number of carbonyl (C=O) groups is 1. The van der Waals surface area contributed by atoms with E-state index < -0.39 is 0 Å². The second-order valence-corrected chi connectivity index (χ2v) is 4.71. The fourth-order valence-electron chi connectivity index (χ4n) is 1.24. The van der Waals surface area contributed by atoms with Gasteiger partial charge in [-0.25, -0.2) is 0 Å². The Morgan fingerprint density at radius 1 is 1.28 bits per heavy atom. The van der Waals surface area contributed by atoms with E-state index in [1.165, 1.54) is 12.1 Å². The van der Waals surface area contributed by atoms with Gasteiger partial charge in [0.25, 0.3) is 5.91 Å². The summed E-state index contributed by atoms with van der Waals surface area (Å²) < 4.78 is 0.687. The van der Waals surface area contributed by atoms with Gasteiger partial charge >= 0.3 is 0 Å². The van der Waals surface area contributed by atoms with E-state index in [4.69, 9.17) is 17.3 Å². The summed E-state index contributed by atoms with van der Waals surface area (Å²) in [4.78, 5) is 11.9. The summed E-state index contributed by atoms with van der Waals surface area (Å²) in [5.41, 5.74) is 6.18. The molecule has 0 bridgehead atoms. The van der Waals surface area contributed by atoms with Crippen LogP contribution in [0.3, 0.4) is 0 Å². The number of hydrogen-bond donors (Lipinski definition) is 2. The molecule has 0 radical (unpaired) electrons. The minimum Gasteiger partial charge on any atom is -0.382 e. The zero-order chi connectivity index (χ0) is 13.1. The number of nitrogens with one attached hydrogen (secondary N) is 1. The Bertz CT molecular complexity index is 588. The van der Waals surface area contributed by atoms with E-state index in [0.717, 1.165) is 0 Å². The molecule has 1 aromatic carbocycles. The first-order valence-electron chi connectivity index (χ1n) is 4.92. The second kappa shape index (κ2) is 5.32. The molecule has 1 aromatic heterocycles. The van der Waals surface area contributed by atoms with Crippen LogP contribution in [0.15, 0.2) is 34.8 Å². The highest BCUT2D eigenvalue weighted by atomic mass is 79.9. The second-order valence-electron chi connectivity index (χ2n) is 3.42. The van der Waals surface area contributed by atoms with E-state index in [-0.39, 0.29) is 17.4 Å². The summed E-state index contributed by atoms with van der Waals surface area (Å²) >= 11 is 9.11. The van der Waals surface area contributed by atoms with Crippen LogP contribution in [0.1, 0.15) is 10.5 Å². The fourth-order valence-corrected chi connectivity index (χ4v) is 2.02. The van der Waals surface area contributed by atoms with E-state index in [2.05, 4.69) is 31.4 Å². The van der Waals surface area contributed by atoms with Crippen LogP contribution in [0.25, 0.3) is 0 Å². The van der Waals surface area contributed by atoms with Gasteiger partial charge in [-0.1, -0.05) is 11.6 Å². The third kappa shape index (κ3) is 2.96. The lowest BCUT2D eigenvalue weighted by Gasteiger charge is -2.06. The van der Waals surface area contributed by atoms with Crippen molar-refractivity contribution in [2.75, 3.05) is 11.1 Å². The molecule has 0 aliphatic carbocycles. The van der Waals surface area contributed by atoms with Gasteiger partial charge in [0.1, 0.15) is 5.82 Å². The average Bonchev–Trinajstić information content (AvgIpc) is 2.33. The van der Waals surface area contributed by atoms with E-state index in [1.807, 2.05) is 0 Å². The monoisotopic (exact) mass is 326 g/mol. The lowest BCUT2D eigenvalue weighted by Crippen LogP contribution is -2.14. The zero-order valence-electron chi connectivity index (χ0n) is 9.02. The molecule has 7 heteroatoms. The van der Waals surface area contributed by atoms with Crippen LogP contribution in [0, 0.1) is 0 Å². The predicted molar refractivity (Wildman–Crippen MR) is 73.5 cm³/mol. The summed E-state index contributed by atoms with van der Waals surface area (Å²) in [6.07, 6.45) is 0. The van der Waals surface area contributed by atoms with Crippen LogP contribution in [-0.2, 0) is 0 Å². The minimum atomic E-state index is -0.370. The van der Waals surface area contributed by atoms with E-state index >= 15 is 0 Å². The third-order valence-electron chi connectivity index (χ3n) is 2.10. The van der Waals surface area contributed by atoms with Gasteiger partial charge in [-0.2, -0.15) is 0 Å². The van der Waals surface area contributed by atoms with Crippen LogP contribution in [0.4, 0.5) is 11.5 Å². The Kier molecular flexibility index (Phi) is 3.78. The molecule has 0 atom stereocenters. The molecule has 0 aliphatic rings. The number of benzene rings is 1. The predicted octanol–water partition coefficient (Wildman–Crippen LogP) is 2.73.